The maximum Gasteiger partial charge on any atom is 0.341 e. The Morgan fingerprint density at radius 2 is 2.28 bits per heavy atom. The quantitative estimate of drug-likeness (QED) is 0.616. The zero-order chi connectivity index (χ0) is 20.4. The third-order valence-electron chi connectivity index (χ3n) is 5.98. The van der Waals surface area contributed by atoms with Gasteiger partial charge in [-0.2, -0.15) is 5.26 Å². The molecular formula is C21H25N5O3. The largest absolute Gasteiger partial charge is 0.462 e. The molecule has 2 aromatic heterocycles. The van der Waals surface area contributed by atoms with Crippen LogP contribution in [0.4, 0.5) is 5.69 Å². The van der Waals surface area contributed by atoms with Gasteiger partial charge in [0.05, 0.1) is 18.4 Å². The summed E-state index contributed by atoms with van der Waals surface area (Å²) < 4.78 is 5.21. The monoisotopic (exact) mass is 395 g/mol. The number of Topliss-reactive ketones (excluding diaryl/α,β-unsaturated/α-hetero) is 1. The number of carbonyl (C=O) groups excluding carboxylic acids is 2. The Hall–Kier alpha value is -2.92. The SMILES string of the molecule is CCOC(=O)c1cnc2[nH]ccc2c1N[C@H]1CNCC[C@@H]1CC(=O)C1(C#N)CC1. The first-order valence-electron chi connectivity index (χ1n) is 10.1. The summed E-state index contributed by atoms with van der Waals surface area (Å²) in [7, 11) is 0. The van der Waals surface area contributed by atoms with Crippen molar-refractivity contribution >= 4 is 28.5 Å². The smallest absolute Gasteiger partial charge is 0.341 e. The van der Waals surface area contributed by atoms with E-state index in [0.29, 0.717) is 42.7 Å². The molecule has 3 heterocycles. The lowest BCUT2D eigenvalue weighted by atomic mass is 9.84. The number of pyridine rings is 1. The van der Waals surface area contributed by atoms with E-state index in [0.717, 1.165) is 18.4 Å². The van der Waals surface area contributed by atoms with Crippen LogP contribution in [0.5, 0.6) is 0 Å². The molecule has 0 amide bonds. The highest BCUT2D eigenvalue weighted by atomic mass is 16.5. The van der Waals surface area contributed by atoms with Gasteiger partial charge in [-0.3, -0.25) is 4.79 Å². The summed E-state index contributed by atoms with van der Waals surface area (Å²) in [5.74, 6) is -0.291. The van der Waals surface area contributed by atoms with Crippen LogP contribution >= 0.6 is 0 Å². The molecule has 1 saturated heterocycles. The number of nitrogens with zero attached hydrogens (tertiary/aromatic N) is 2. The fraction of sp³-hybridized carbons (Fsp3) is 0.524. The molecule has 1 aliphatic heterocycles. The molecule has 0 radical (unpaired) electrons. The van der Waals surface area contributed by atoms with Gasteiger partial charge in [0.25, 0.3) is 0 Å². The van der Waals surface area contributed by atoms with E-state index in [-0.39, 0.29) is 24.3 Å². The van der Waals surface area contributed by atoms with Gasteiger partial charge in [0.1, 0.15) is 16.6 Å². The molecule has 2 fully saturated rings. The molecule has 2 aliphatic rings. The number of rotatable bonds is 7. The van der Waals surface area contributed by atoms with Crippen molar-refractivity contribution in [1.29, 1.82) is 5.26 Å². The number of ether oxygens (including phenoxy) is 1. The van der Waals surface area contributed by atoms with Gasteiger partial charge in [-0.25, -0.2) is 9.78 Å². The lowest BCUT2D eigenvalue weighted by Crippen LogP contribution is -2.46. The summed E-state index contributed by atoms with van der Waals surface area (Å²) in [6, 6.07) is 4.03. The van der Waals surface area contributed by atoms with Crippen LogP contribution in [0.1, 0.15) is 43.0 Å². The van der Waals surface area contributed by atoms with Gasteiger partial charge < -0.3 is 20.4 Å². The van der Waals surface area contributed by atoms with Crippen LogP contribution in [0.25, 0.3) is 11.0 Å². The van der Waals surface area contributed by atoms with E-state index in [1.54, 1.807) is 13.1 Å². The first-order valence-corrected chi connectivity index (χ1v) is 10.1. The van der Waals surface area contributed by atoms with Crippen LogP contribution in [0, 0.1) is 22.7 Å². The van der Waals surface area contributed by atoms with Crippen molar-refractivity contribution in [2.75, 3.05) is 25.0 Å². The number of hydrogen-bond acceptors (Lipinski definition) is 7. The number of ketones is 1. The van der Waals surface area contributed by atoms with Gasteiger partial charge in [-0.05, 0) is 44.7 Å². The molecule has 1 aliphatic carbocycles. The van der Waals surface area contributed by atoms with Crippen molar-refractivity contribution in [3.63, 3.8) is 0 Å². The highest BCUT2D eigenvalue weighted by molar-refractivity contribution is 6.04. The minimum atomic E-state index is -0.754. The molecule has 0 spiro atoms. The molecule has 0 bridgehead atoms. The Kier molecular flexibility index (Phi) is 5.24. The molecule has 8 nitrogen and oxygen atoms in total. The van der Waals surface area contributed by atoms with Crippen LogP contribution in [0.2, 0.25) is 0 Å². The Balaban J connectivity index is 1.61. The second kappa shape index (κ2) is 7.84. The Morgan fingerprint density at radius 1 is 1.45 bits per heavy atom. The standard InChI is InChI=1S/C21H25N5O3/c1-2-29-20(28)15-10-25-19-14(4-8-24-19)18(15)26-16-11-23-7-3-13(16)9-17(27)21(12-22)5-6-21/h4,8,10,13,16,23H,2-3,5-7,9,11H2,1H3,(H2,24,25,26)/t13-,16+/m1/s1. The van der Waals surface area contributed by atoms with Crippen molar-refractivity contribution in [2.24, 2.45) is 11.3 Å². The first kappa shape index (κ1) is 19.4. The molecule has 4 rings (SSSR count). The number of carbonyl (C=O) groups is 2. The summed E-state index contributed by atoms with van der Waals surface area (Å²) in [6.45, 7) is 3.55. The van der Waals surface area contributed by atoms with Crippen LogP contribution in [0.3, 0.4) is 0 Å². The van der Waals surface area contributed by atoms with E-state index in [1.165, 1.54) is 6.20 Å². The minimum Gasteiger partial charge on any atom is -0.462 e. The van der Waals surface area contributed by atoms with Crippen LogP contribution in [0.15, 0.2) is 18.5 Å². The zero-order valence-corrected chi connectivity index (χ0v) is 16.5. The van der Waals surface area contributed by atoms with E-state index in [4.69, 9.17) is 4.74 Å². The van der Waals surface area contributed by atoms with Gasteiger partial charge in [-0.1, -0.05) is 0 Å². The predicted octanol–water partition coefficient (Wildman–Crippen LogP) is 2.39. The second-order valence-corrected chi connectivity index (χ2v) is 7.83. The Morgan fingerprint density at radius 3 is 3.00 bits per heavy atom. The molecular weight excluding hydrogens is 370 g/mol. The summed E-state index contributed by atoms with van der Waals surface area (Å²) in [4.78, 5) is 32.6. The van der Waals surface area contributed by atoms with Gasteiger partial charge in [-0.15, -0.1) is 0 Å². The van der Waals surface area contributed by atoms with Crippen LogP contribution < -0.4 is 10.6 Å². The number of hydrogen-bond donors (Lipinski definition) is 3. The highest BCUT2D eigenvalue weighted by Gasteiger charge is 2.50. The number of aromatic amines is 1. The lowest BCUT2D eigenvalue weighted by Gasteiger charge is -2.34. The second-order valence-electron chi connectivity index (χ2n) is 7.83. The third-order valence-corrected chi connectivity index (χ3v) is 5.98. The van der Waals surface area contributed by atoms with Crippen molar-refractivity contribution in [2.45, 2.75) is 38.6 Å². The van der Waals surface area contributed by atoms with E-state index in [2.05, 4.69) is 26.7 Å². The Labute approximate surface area is 169 Å². The number of esters is 1. The van der Waals surface area contributed by atoms with E-state index < -0.39 is 11.4 Å². The number of H-pyrrole nitrogens is 1. The van der Waals surface area contributed by atoms with Crippen molar-refractivity contribution < 1.29 is 14.3 Å². The number of fused-ring (bicyclic) bond motifs is 1. The fourth-order valence-electron chi connectivity index (χ4n) is 4.05. The van der Waals surface area contributed by atoms with E-state index in [1.807, 2.05) is 6.07 Å². The molecule has 2 atom stereocenters. The van der Waals surface area contributed by atoms with E-state index in [9.17, 15) is 14.9 Å². The predicted molar refractivity (Wildman–Crippen MR) is 107 cm³/mol. The maximum absolute atomic E-state index is 12.7. The highest BCUT2D eigenvalue weighted by Crippen LogP contribution is 2.47. The lowest BCUT2D eigenvalue weighted by molar-refractivity contribution is -0.123. The van der Waals surface area contributed by atoms with Crippen LogP contribution in [-0.4, -0.2) is 47.5 Å². The number of aromatic nitrogens is 2. The summed E-state index contributed by atoms with van der Waals surface area (Å²) in [6.07, 6.45) is 5.86. The average Bonchev–Trinajstić information content (AvgIpc) is 3.39. The third kappa shape index (κ3) is 3.70. The normalized spacial score (nSPS) is 22.6. The van der Waals surface area contributed by atoms with Crippen LogP contribution in [-0.2, 0) is 9.53 Å². The molecule has 152 valence electrons. The molecule has 2 aromatic rings. The first-order chi connectivity index (χ1) is 14.1. The number of nitrogens with one attached hydrogen (secondary N) is 3. The summed E-state index contributed by atoms with van der Waals surface area (Å²) >= 11 is 0. The van der Waals surface area contributed by atoms with E-state index >= 15 is 0 Å². The number of nitriles is 1. The van der Waals surface area contributed by atoms with Gasteiger partial charge in [0.15, 0.2) is 5.78 Å². The van der Waals surface area contributed by atoms with Crippen molar-refractivity contribution in [3.8, 4) is 6.07 Å². The molecule has 0 aromatic carbocycles. The van der Waals surface area contributed by atoms with Crippen molar-refractivity contribution in [3.05, 3.63) is 24.0 Å². The average molecular weight is 395 g/mol. The molecule has 29 heavy (non-hydrogen) atoms. The Bertz CT molecular complexity index is 972. The summed E-state index contributed by atoms with van der Waals surface area (Å²) in [5, 5.41) is 17.0. The summed E-state index contributed by atoms with van der Waals surface area (Å²) in [5.41, 5.74) is 0.974. The van der Waals surface area contributed by atoms with Gasteiger partial charge >= 0.3 is 5.97 Å². The van der Waals surface area contributed by atoms with Gasteiger partial charge in [0, 0.05) is 36.8 Å². The van der Waals surface area contributed by atoms with Crippen molar-refractivity contribution in [1.82, 2.24) is 15.3 Å². The topological polar surface area (TPSA) is 120 Å². The fourth-order valence-corrected chi connectivity index (χ4v) is 4.05. The molecule has 0 unspecified atom stereocenters. The number of piperidine rings is 1. The maximum atomic E-state index is 12.7. The zero-order valence-electron chi connectivity index (χ0n) is 16.5. The molecule has 1 saturated carbocycles. The van der Waals surface area contributed by atoms with Gasteiger partial charge in [0.2, 0.25) is 0 Å². The molecule has 8 heteroatoms. The minimum absolute atomic E-state index is 0.0455. The number of anilines is 1. The molecule has 3 N–H and O–H groups in total.